The Morgan fingerprint density at radius 1 is 1.05 bits per heavy atom. The molecule has 39 heavy (non-hydrogen) atoms. The monoisotopic (exact) mass is 549 g/mol. The van der Waals surface area contributed by atoms with Crippen molar-refractivity contribution in [2.75, 3.05) is 17.7 Å². The summed E-state index contributed by atoms with van der Waals surface area (Å²) in [6, 6.07) is 21.7. The number of aliphatic hydroxyl groups is 1. The van der Waals surface area contributed by atoms with E-state index in [1.807, 2.05) is 43.3 Å². The summed E-state index contributed by atoms with van der Waals surface area (Å²) in [5, 5.41) is 21.7. The molecule has 1 aliphatic rings. The highest BCUT2D eigenvalue weighted by Gasteiger charge is 2.38. The summed E-state index contributed by atoms with van der Waals surface area (Å²) in [4.78, 5) is 24.4. The van der Waals surface area contributed by atoms with Crippen LogP contribution >= 0.6 is 11.8 Å². The number of hydrogen-bond donors (Lipinski definition) is 3. The SMILES string of the molecule is C=CCOC(=O)Nc1cccc([C@H]2O[C@@H](CSc3ccccc3C(=O)O)[C@@H](C)[C@@H](c3ccc(CO)cc3)O2)c1. The maximum Gasteiger partial charge on any atom is 0.411 e. The van der Waals surface area contributed by atoms with Crippen molar-refractivity contribution in [1.82, 2.24) is 0 Å². The molecule has 1 saturated heterocycles. The first kappa shape index (κ1) is 28.4. The number of benzene rings is 3. The van der Waals surface area contributed by atoms with Crippen molar-refractivity contribution < 1.29 is 34.0 Å². The molecule has 3 N–H and O–H groups in total. The molecule has 0 aliphatic carbocycles. The molecule has 0 unspecified atom stereocenters. The average molecular weight is 550 g/mol. The lowest BCUT2D eigenvalue weighted by molar-refractivity contribution is -0.268. The van der Waals surface area contributed by atoms with Gasteiger partial charge in [0.1, 0.15) is 6.61 Å². The number of carbonyl (C=O) groups is 2. The van der Waals surface area contributed by atoms with Gasteiger partial charge in [-0.3, -0.25) is 5.32 Å². The fraction of sp³-hybridized carbons (Fsp3) is 0.267. The third-order valence-corrected chi connectivity index (χ3v) is 7.54. The van der Waals surface area contributed by atoms with Gasteiger partial charge < -0.3 is 24.4 Å². The zero-order valence-corrected chi connectivity index (χ0v) is 22.3. The summed E-state index contributed by atoms with van der Waals surface area (Å²) in [6.45, 7) is 5.63. The highest BCUT2D eigenvalue weighted by atomic mass is 32.2. The summed E-state index contributed by atoms with van der Waals surface area (Å²) in [5.74, 6) is -0.543. The number of carboxylic acid groups (broad SMARTS) is 1. The fourth-order valence-corrected chi connectivity index (χ4v) is 5.51. The van der Waals surface area contributed by atoms with E-state index in [4.69, 9.17) is 14.2 Å². The van der Waals surface area contributed by atoms with Gasteiger partial charge in [-0.2, -0.15) is 0 Å². The number of aromatic carboxylic acids is 1. The van der Waals surface area contributed by atoms with Gasteiger partial charge in [0.15, 0.2) is 6.29 Å². The largest absolute Gasteiger partial charge is 0.478 e. The summed E-state index contributed by atoms with van der Waals surface area (Å²) in [5.41, 5.74) is 3.22. The Morgan fingerprint density at radius 3 is 2.54 bits per heavy atom. The predicted molar refractivity (Wildman–Crippen MR) is 149 cm³/mol. The molecule has 1 heterocycles. The number of ether oxygens (including phenoxy) is 3. The van der Waals surface area contributed by atoms with Crippen molar-refractivity contribution in [3.8, 4) is 0 Å². The number of anilines is 1. The maximum absolute atomic E-state index is 12.0. The summed E-state index contributed by atoms with van der Waals surface area (Å²) in [6.07, 6.45) is -0.464. The third kappa shape index (κ3) is 7.27. The molecular formula is C30H31NO7S. The van der Waals surface area contributed by atoms with Gasteiger partial charge in [-0.25, -0.2) is 9.59 Å². The zero-order valence-electron chi connectivity index (χ0n) is 21.5. The molecule has 9 heteroatoms. The van der Waals surface area contributed by atoms with Crippen LogP contribution < -0.4 is 5.32 Å². The standard InChI is InChI=1S/C30H31NO7S/c1-3-15-36-30(35)31-23-8-6-7-22(16-23)29-37-25(18-39-26-10-5-4-9-24(26)28(33)34)19(2)27(38-29)21-13-11-20(17-32)12-14-21/h3-14,16,19,25,27,29,32H,1,15,17-18H2,2H3,(H,31,35)(H,33,34)/t19-,25+,27+,29+/m1/s1. The number of carboxylic acids is 1. The Bertz CT molecular complexity index is 1300. The molecule has 1 amide bonds. The van der Waals surface area contributed by atoms with E-state index in [9.17, 15) is 19.8 Å². The average Bonchev–Trinajstić information content (AvgIpc) is 2.96. The van der Waals surface area contributed by atoms with Crippen LogP contribution in [-0.2, 0) is 20.8 Å². The molecule has 0 saturated carbocycles. The van der Waals surface area contributed by atoms with Gasteiger partial charge in [0.05, 0.1) is 24.4 Å². The number of hydrogen-bond acceptors (Lipinski definition) is 7. The van der Waals surface area contributed by atoms with E-state index in [1.54, 1.807) is 36.4 Å². The molecule has 204 valence electrons. The second-order valence-corrected chi connectivity index (χ2v) is 10.1. The minimum atomic E-state index is -0.977. The lowest BCUT2D eigenvalue weighted by Gasteiger charge is -2.41. The molecule has 1 fully saturated rings. The van der Waals surface area contributed by atoms with Crippen molar-refractivity contribution >= 4 is 29.5 Å². The molecular weight excluding hydrogens is 518 g/mol. The molecule has 3 aromatic carbocycles. The topological polar surface area (TPSA) is 114 Å². The summed E-state index contributed by atoms with van der Waals surface area (Å²) >= 11 is 1.43. The number of carbonyl (C=O) groups excluding carboxylic acids is 1. The van der Waals surface area contributed by atoms with Gasteiger partial charge in [0.2, 0.25) is 0 Å². The van der Waals surface area contributed by atoms with E-state index in [-0.39, 0.29) is 36.9 Å². The third-order valence-electron chi connectivity index (χ3n) is 6.38. The minimum Gasteiger partial charge on any atom is -0.478 e. The first-order chi connectivity index (χ1) is 18.9. The van der Waals surface area contributed by atoms with Crippen LogP contribution in [0.15, 0.2) is 90.3 Å². The first-order valence-corrected chi connectivity index (χ1v) is 13.5. The molecule has 0 aromatic heterocycles. The van der Waals surface area contributed by atoms with Crippen LogP contribution in [0.4, 0.5) is 10.5 Å². The Kier molecular flexibility index (Phi) is 9.78. The lowest BCUT2D eigenvalue weighted by atomic mass is 9.91. The van der Waals surface area contributed by atoms with Crippen molar-refractivity contribution in [2.24, 2.45) is 5.92 Å². The van der Waals surface area contributed by atoms with Gasteiger partial charge in [0.25, 0.3) is 0 Å². The maximum atomic E-state index is 12.0. The zero-order chi connectivity index (χ0) is 27.8. The van der Waals surface area contributed by atoms with Gasteiger partial charge in [0, 0.05) is 27.8 Å². The van der Waals surface area contributed by atoms with Gasteiger partial charge >= 0.3 is 12.1 Å². The Hall–Kier alpha value is -3.63. The smallest absolute Gasteiger partial charge is 0.411 e. The van der Waals surface area contributed by atoms with Crippen LogP contribution in [0, 0.1) is 5.92 Å². The molecule has 0 radical (unpaired) electrons. The van der Waals surface area contributed by atoms with Crippen molar-refractivity contribution in [3.63, 3.8) is 0 Å². The highest BCUT2D eigenvalue weighted by molar-refractivity contribution is 7.99. The van der Waals surface area contributed by atoms with Gasteiger partial charge in [-0.15, -0.1) is 11.8 Å². The van der Waals surface area contributed by atoms with E-state index in [2.05, 4.69) is 11.9 Å². The van der Waals surface area contributed by atoms with E-state index in [1.165, 1.54) is 17.8 Å². The van der Waals surface area contributed by atoms with E-state index < -0.39 is 18.4 Å². The van der Waals surface area contributed by atoms with Crippen LogP contribution in [0.1, 0.15) is 46.4 Å². The molecule has 0 spiro atoms. The summed E-state index contributed by atoms with van der Waals surface area (Å²) in [7, 11) is 0. The minimum absolute atomic E-state index is 0.0512. The Morgan fingerprint density at radius 2 is 1.82 bits per heavy atom. The lowest BCUT2D eigenvalue weighted by Crippen LogP contribution is -2.38. The Balaban J connectivity index is 1.59. The second kappa shape index (κ2) is 13.4. The predicted octanol–water partition coefficient (Wildman–Crippen LogP) is 6.20. The van der Waals surface area contributed by atoms with Crippen LogP contribution in [0.5, 0.6) is 0 Å². The molecule has 4 atom stereocenters. The van der Waals surface area contributed by atoms with Crippen LogP contribution in [0.3, 0.4) is 0 Å². The fourth-order valence-electron chi connectivity index (χ4n) is 4.30. The second-order valence-electron chi connectivity index (χ2n) is 9.07. The summed E-state index contributed by atoms with van der Waals surface area (Å²) < 4.78 is 17.9. The van der Waals surface area contributed by atoms with Gasteiger partial charge in [-0.05, 0) is 35.4 Å². The Labute approximate surface area is 231 Å². The number of amides is 1. The number of thioether (sulfide) groups is 1. The number of rotatable bonds is 10. The number of nitrogens with one attached hydrogen (secondary N) is 1. The molecule has 8 nitrogen and oxygen atoms in total. The first-order valence-electron chi connectivity index (χ1n) is 12.5. The van der Waals surface area contributed by atoms with E-state index in [0.29, 0.717) is 21.9 Å². The molecule has 4 rings (SSSR count). The van der Waals surface area contributed by atoms with Crippen LogP contribution in [0.2, 0.25) is 0 Å². The molecule has 3 aromatic rings. The quantitative estimate of drug-likeness (QED) is 0.202. The van der Waals surface area contributed by atoms with E-state index in [0.717, 1.165) is 11.1 Å². The van der Waals surface area contributed by atoms with Crippen LogP contribution in [0.25, 0.3) is 0 Å². The van der Waals surface area contributed by atoms with Crippen molar-refractivity contribution in [2.45, 2.75) is 36.9 Å². The van der Waals surface area contributed by atoms with Crippen molar-refractivity contribution in [1.29, 1.82) is 0 Å². The normalized spacial score (nSPS) is 20.7. The molecule has 0 bridgehead atoms. The van der Waals surface area contributed by atoms with Crippen molar-refractivity contribution in [3.05, 3.63) is 108 Å². The number of aliphatic hydroxyl groups excluding tert-OH is 1. The van der Waals surface area contributed by atoms with Gasteiger partial charge in [-0.1, -0.05) is 68.1 Å². The van der Waals surface area contributed by atoms with Crippen LogP contribution in [-0.4, -0.2) is 40.7 Å². The highest BCUT2D eigenvalue weighted by Crippen LogP contribution is 2.43. The molecule has 1 aliphatic heterocycles. The van der Waals surface area contributed by atoms with E-state index >= 15 is 0 Å².